The summed E-state index contributed by atoms with van der Waals surface area (Å²) in [6.45, 7) is 8.25. The Morgan fingerprint density at radius 2 is 2.32 bits per heavy atom. The van der Waals surface area contributed by atoms with Gasteiger partial charge < -0.3 is 15.1 Å². The lowest BCUT2D eigenvalue weighted by Crippen LogP contribution is -2.33. The highest BCUT2D eigenvalue weighted by Crippen LogP contribution is 2.26. The van der Waals surface area contributed by atoms with Crippen molar-refractivity contribution in [2.24, 2.45) is 0 Å². The van der Waals surface area contributed by atoms with E-state index in [9.17, 15) is 14.7 Å². The minimum atomic E-state index is -1.03. The molecule has 1 aromatic rings. The normalized spacial score (nSPS) is 19.3. The number of amides is 1. The Kier molecular flexibility index (Phi) is 8.27. The summed E-state index contributed by atoms with van der Waals surface area (Å²) in [4.78, 5) is 29.0. The van der Waals surface area contributed by atoms with Crippen LogP contribution in [0.1, 0.15) is 56.4 Å². The minimum absolute atomic E-state index is 0.0518. The molecule has 2 rings (SSSR count). The number of allylic oxidation sites excluding steroid dienone is 1. The Labute approximate surface area is 174 Å². The van der Waals surface area contributed by atoms with E-state index in [1.807, 2.05) is 30.9 Å². The molecule has 1 aliphatic rings. The Morgan fingerprint density at radius 1 is 1.57 bits per heavy atom. The standard InChI is InChI=1S/C20H28N2O4S2/c1-14(2)8-10-20(3,26)9-4-5-15-6-7-17(23)22(15)11-12-27-19-21-16(13-28-19)18(24)25/h4-5,13,15,26H,1,6-12H2,2-3H3,(H,24,25)/t15-,20+/m0/s1. The molecule has 0 saturated carbocycles. The first-order chi connectivity index (χ1) is 13.2. The van der Waals surface area contributed by atoms with E-state index in [1.54, 1.807) is 0 Å². The Balaban J connectivity index is 1.82. The van der Waals surface area contributed by atoms with Crippen molar-refractivity contribution < 1.29 is 19.8 Å². The fourth-order valence-corrected chi connectivity index (χ4v) is 4.77. The lowest BCUT2D eigenvalue weighted by Gasteiger charge is -2.24. The van der Waals surface area contributed by atoms with Crippen LogP contribution >= 0.6 is 23.1 Å². The van der Waals surface area contributed by atoms with Gasteiger partial charge in [0.05, 0.1) is 11.6 Å². The predicted molar refractivity (Wildman–Crippen MR) is 113 cm³/mol. The van der Waals surface area contributed by atoms with Crippen LogP contribution < -0.4 is 0 Å². The fraction of sp³-hybridized carbons (Fsp3) is 0.550. The summed E-state index contributed by atoms with van der Waals surface area (Å²) in [5, 5.41) is 20.9. The Bertz CT molecular complexity index is 742. The van der Waals surface area contributed by atoms with Crippen LogP contribution in [-0.2, 0) is 4.79 Å². The summed E-state index contributed by atoms with van der Waals surface area (Å²) < 4.78 is 0.699. The number of nitrogens with zero attached hydrogens (tertiary/aromatic N) is 2. The summed E-state index contributed by atoms with van der Waals surface area (Å²) in [6.07, 6.45) is 7.33. The molecule has 2 heterocycles. The van der Waals surface area contributed by atoms with Gasteiger partial charge >= 0.3 is 5.97 Å². The van der Waals surface area contributed by atoms with Crippen LogP contribution in [0.25, 0.3) is 0 Å². The average molecular weight is 425 g/mol. The smallest absolute Gasteiger partial charge is 0.355 e. The van der Waals surface area contributed by atoms with Crippen molar-refractivity contribution in [1.29, 1.82) is 0 Å². The summed E-state index contributed by atoms with van der Waals surface area (Å²) in [7, 11) is 0. The van der Waals surface area contributed by atoms with Crippen LogP contribution in [0.2, 0.25) is 0 Å². The van der Waals surface area contributed by atoms with Gasteiger partial charge in [0.1, 0.15) is 0 Å². The van der Waals surface area contributed by atoms with Crippen molar-refractivity contribution >= 4 is 35.0 Å². The molecule has 8 heteroatoms. The number of aromatic carboxylic acids is 1. The number of thiazole rings is 1. The zero-order valence-corrected chi connectivity index (χ0v) is 18.0. The molecule has 2 atom stereocenters. The molecule has 0 bridgehead atoms. The predicted octanol–water partition coefficient (Wildman–Crippen LogP) is 3.98. The number of carboxylic acid groups (broad SMARTS) is 1. The van der Waals surface area contributed by atoms with E-state index in [4.69, 9.17) is 5.11 Å². The van der Waals surface area contributed by atoms with Gasteiger partial charge in [0, 0.05) is 24.1 Å². The lowest BCUT2D eigenvalue weighted by molar-refractivity contribution is -0.128. The van der Waals surface area contributed by atoms with Gasteiger partial charge in [-0.25, -0.2) is 9.78 Å². The van der Waals surface area contributed by atoms with Gasteiger partial charge in [-0.1, -0.05) is 29.5 Å². The molecule has 1 amide bonds. The van der Waals surface area contributed by atoms with E-state index >= 15 is 0 Å². The van der Waals surface area contributed by atoms with Crippen molar-refractivity contribution in [3.8, 4) is 0 Å². The number of hydrogen-bond donors (Lipinski definition) is 2. The maximum Gasteiger partial charge on any atom is 0.355 e. The average Bonchev–Trinajstić information content (AvgIpc) is 3.22. The zero-order chi connectivity index (χ0) is 20.7. The van der Waals surface area contributed by atoms with E-state index < -0.39 is 11.6 Å². The third-order valence-corrected chi connectivity index (χ3v) is 6.64. The molecule has 6 nitrogen and oxygen atoms in total. The van der Waals surface area contributed by atoms with Crippen LogP contribution in [0.5, 0.6) is 0 Å². The topological polar surface area (TPSA) is 90.7 Å². The lowest BCUT2D eigenvalue weighted by atomic mass is 9.94. The van der Waals surface area contributed by atoms with Gasteiger partial charge in [-0.3, -0.25) is 4.79 Å². The molecule has 2 N–H and O–H groups in total. The highest BCUT2D eigenvalue weighted by Gasteiger charge is 2.29. The van der Waals surface area contributed by atoms with Gasteiger partial charge in [0.15, 0.2) is 10.0 Å². The first-order valence-electron chi connectivity index (χ1n) is 9.32. The number of aromatic nitrogens is 1. The van der Waals surface area contributed by atoms with Crippen molar-refractivity contribution in [1.82, 2.24) is 9.88 Å². The third-order valence-electron chi connectivity index (χ3n) is 4.64. The van der Waals surface area contributed by atoms with E-state index in [1.165, 1.54) is 28.5 Å². The van der Waals surface area contributed by atoms with Gasteiger partial charge in [-0.15, -0.1) is 17.9 Å². The van der Waals surface area contributed by atoms with E-state index in [0.29, 0.717) is 35.9 Å². The maximum absolute atomic E-state index is 12.2. The van der Waals surface area contributed by atoms with Crippen LogP contribution in [0.4, 0.5) is 0 Å². The first-order valence-corrected chi connectivity index (χ1v) is 11.2. The molecule has 0 aromatic carbocycles. The molecular weight excluding hydrogens is 396 g/mol. The second kappa shape index (κ2) is 10.2. The molecule has 28 heavy (non-hydrogen) atoms. The van der Waals surface area contributed by atoms with Crippen LogP contribution in [-0.4, -0.2) is 55.9 Å². The number of hydrogen-bond acceptors (Lipinski definition) is 6. The summed E-state index contributed by atoms with van der Waals surface area (Å²) in [6, 6.07) is 0.0518. The van der Waals surface area contributed by atoms with E-state index in [2.05, 4.69) is 11.6 Å². The third kappa shape index (κ3) is 7.07. The zero-order valence-electron chi connectivity index (χ0n) is 16.4. The quantitative estimate of drug-likeness (QED) is 0.412. The highest BCUT2D eigenvalue weighted by atomic mass is 32.2. The van der Waals surface area contributed by atoms with Crippen LogP contribution in [0, 0.1) is 0 Å². The first kappa shape index (κ1) is 22.6. The van der Waals surface area contributed by atoms with Gasteiger partial charge in [-0.05, 0) is 39.5 Å². The summed E-state index contributed by atoms with van der Waals surface area (Å²) in [5.74, 6) is -0.226. The fourth-order valence-electron chi connectivity index (χ4n) is 2.96. The molecule has 0 aliphatic carbocycles. The van der Waals surface area contributed by atoms with Crippen molar-refractivity contribution in [3.63, 3.8) is 0 Å². The van der Waals surface area contributed by atoms with Crippen LogP contribution in [0.15, 0.2) is 34.0 Å². The molecular formula is C20H28N2O4S2. The molecule has 1 aromatic heterocycles. The monoisotopic (exact) mass is 424 g/mol. The van der Waals surface area contributed by atoms with Gasteiger partial charge in [0.25, 0.3) is 0 Å². The maximum atomic E-state index is 12.2. The number of carbonyl (C=O) groups excluding carboxylic acids is 1. The Hall–Kier alpha value is -1.64. The number of carboxylic acids is 1. The molecule has 1 saturated heterocycles. The number of rotatable bonds is 11. The number of thioether (sulfide) groups is 1. The molecule has 0 radical (unpaired) electrons. The largest absolute Gasteiger partial charge is 0.476 e. The van der Waals surface area contributed by atoms with Gasteiger partial charge in [0.2, 0.25) is 5.91 Å². The SMILES string of the molecule is C=C(C)CC[C@](C)(O)CC=C[C@H]1CCC(=O)N1CCSc1nc(C(=O)O)cs1. The minimum Gasteiger partial charge on any atom is -0.476 e. The van der Waals surface area contributed by atoms with Crippen molar-refractivity contribution in [2.75, 3.05) is 12.3 Å². The molecule has 0 unspecified atom stereocenters. The van der Waals surface area contributed by atoms with Crippen LogP contribution in [0.3, 0.4) is 0 Å². The van der Waals surface area contributed by atoms with Crippen molar-refractivity contribution in [2.45, 2.75) is 61.9 Å². The number of likely N-dealkylation sites (tertiary alicyclic amines) is 1. The molecule has 1 fully saturated rings. The number of aliphatic hydroxyl groups is 1. The molecule has 1 aliphatic heterocycles. The van der Waals surface area contributed by atoms with Crippen molar-refractivity contribution in [3.05, 3.63) is 35.4 Å². The molecule has 154 valence electrons. The van der Waals surface area contributed by atoms with E-state index in [-0.39, 0.29) is 17.6 Å². The Morgan fingerprint density at radius 3 is 2.96 bits per heavy atom. The summed E-state index contributed by atoms with van der Waals surface area (Å²) in [5.41, 5.74) is 0.347. The second-order valence-corrected chi connectivity index (χ2v) is 9.63. The summed E-state index contributed by atoms with van der Waals surface area (Å²) >= 11 is 2.77. The van der Waals surface area contributed by atoms with Gasteiger partial charge in [-0.2, -0.15) is 0 Å². The highest BCUT2D eigenvalue weighted by molar-refractivity contribution is 8.01. The number of carbonyl (C=O) groups is 2. The van der Waals surface area contributed by atoms with E-state index in [0.717, 1.165) is 18.4 Å². The second-order valence-electron chi connectivity index (χ2n) is 7.43. The molecule has 0 spiro atoms.